The van der Waals surface area contributed by atoms with Gasteiger partial charge in [-0.15, -0.1) is 5.06 Å². The fourth-order valence-electron chi connectivity index (χ4n) is 7.62. The number of fused-ring (bicyclic) bond motifs is 1. The van der Waals surface area contributed by atoms with E-state index in [0.29, 0.717) is 35.2 Å². The molecule has 3 saturated carbocycles. The number of rotatable bonds is 15. The van der Waals surface area contributed by atoms with Crippen molar-refractivity contribution in [2.24, 2.45) is 17.3 Å². The molecule has 8 nitrogen and oxygen atoms in total. The zero-order chi connectivity index (χ0) is 35.0. The quantitative estimate of drug-likeness (QED) is 0.107. The molecule has 0 aromatic carbocycles. The number of hydrogen-bond donors (Lipinski definition) is 1. The maximum atomic E-state index is 12.8. The Labute approximate surface area is 285 Å². The molecule has 3 amide bonds. The second-order valence-electron chi connectivity index (χ2n) is 14.5. The zero-order valence-corrected chi connectivity index (χ0v) is 30.6. The highest BCUT2D eigenvalue weighted by Crippen LogP contribution is 2.58. The molecule has 47 heavy (non-hydrogen) atoms. The second-order valence-corrected chi connectivity index (χ2v) is 14.5. The summed E-state index contributed by atoms with van der Waals surface area (Å²) < 4.78 is 5.80. The molecule has 0 saturated heterocycles. The maximum absolute atomic E-state index is 12.8. The van der Waals surface area contributed by atoms with Crippen LogP contribution in [0.3, 0.4) is 0 Å². The summed E-state index contributed by atoms with van der Waals surface area (Å²) in [4.78, 5) is 52.7. The summed E-state index contributed by atoms with van der Waals surface area (Å²) in [5, 5.41) is 3.50. The fraction of sp³-hybridized carbons (Fsp3) is 0.744. The predicted molar refractivity (Wildman–Crippen MR) is 188 cm³/mol. The Morgan fingerprint density at radius 2 is 1.79 bits per heavy atom. The van der Waals surface area contributed by atoms with Crippen LogP contribution in [0.4, 0.5) is 0 Å². The largest absolute Gasteiger partial charge is 0.375 e. The van der Waals surface area contributed by atoms with Gasteiger partial charge in [-0.25, -0.2) is 4.79 Å². The lowest BCUT2D eigenvalue weighted by molar-refractivity contribution is -0.198. The Balaban J connectivity index is 0.00000376. The number of nitrogens with one attached hydrogen (secondary N) is 1. The summed E-state index contributed by atoms with van der Waals surface area (Å²) in [5.74, 6) is 0.110. The summed E-state index contributed by atoms with van der Waals surface area (Å²) in [6.07, 6.45) is 19.9. The first kappa shape index (κ1) is 40.4. The van der Waals surface area contributed by atoms with Crippen LogP contribution >= 0.6 is 0 Å². The number of amides is 3. The first-order chi connectivity index (χ1) is 22.4. The third-order valence-corrected chi connectivity index (χ3v) is 10.2. The second kappa shape index (κ2) is 19.9. The summed E-state index contributed by atoms with van der Waals surface area (Å²) in [6.45, 7) is 18.3. The molecule has 3 fully saturated rings. The van der Waals surface area contributed by atoms with Crippen LogP contribution in [0.25, 0.3) is 0 Å². The number of carbonyl (C=O) groups excluding carboxylic acids is 4. The van der Waals surface area contributed by atoms with Gasteiger partial charge in [-0.3, -0.25) is 14.4 Å². The predicted octanol–water partition coefficient (Wildman–Crippen LogP) is 8.71. The highest BCUT2D eigenvalue weighted by atomic mass is 16.7. The maximum Gasteiger partial charge on any atom is 0.335 e. The van der Waals surface area contributed by atoms with Gasteiger partial charge in [0, 0.05) is 12.8 Å². The standard InChI is InChI=1S/C37H58N2O6.C2H6/c1-7-13-34(42)39(26-40)45-35(43)24-28(3)44-25-36(4,5)38-33(41)18-11-10-17-31-21-22-32-30(16-12-23-37(31,32)6)20-19-29-15-9-8-14-27(29)2;1-2/h19-20,26,28,31-32H,2,7-18,21-25H2,1,3-6H3,(H,38,41);1-2H3/b29-19-,30-20+;. The fourth-order valence-corrected chi connectivity index (χ4v) is 7.62. The third-order valence-electron chi connectivity index (χ3n) is 10.2. The van der Waals surface area contributed by atoms with Crippen LogP contribution in [0, 0.1) is 17.3 Å². The molecule has 0 radical (unpaired) electrons. The monoisotopic (exact) mass is 656 g/mol. The smallest absolute Gasteiger partial charge is 0.335 e. The molecule has 0 aromatic rings. The van der Waals surface area contributed by atoms with Crippen molar-refractivity contribution in [1.29, 1.82) is 0 Å². The van der Waals surface area contributed by atoms with Gasteiger partial charge < -0.3 is 14.9 Å². The van der Waals surface area contributed by atoms with E-state index in [4.69, 9.17) is 9.57 Å². The lowest BCUT2D eigenvalue weighted by Crippen LogP contribution is -2.47. The van der Waals surface area contributed by atoms with Crippen molar-refractivity contribution in [3.8, 4) is 0 Å². The van der Waals surface area contributed by atoms with E-state index in [2.05, 4.69) is 31.0 Å². The van der Waals surface area contributed by atoms with Gasteiger partial charge >= 0.3 is 5.97 Å². The first-order valence-corrected chi connectivity index (χ1v) is 18.4. The van der Waals surface area contributed by atoms with Crippen molar-refractivity contribution in [2.45, 2.75) is 163 Å². The van der Waals surface area contributed by atoms with Crippen LogP contribution in [0.2, 0.25) is 0 Å². The van der Waals surface area contributed by atoms with Crippen LogP contribution in [-0.4, -0.2) is 47.5 Å². The number of imide groups is 1. The van der Waals surface area contributed by atoms with Crippen LogP contribution < -0.4 is 5.32 Å². The normalized spacial score (nSPS) is 25.0. The lowest BCUT2D eigenvalue weighted by atomic mass is 9.62. The van der Waals surface area contributed by atoms with E-state index in [1.165, 1.54) is 68.9 Å². The summed E-state index contributed by atoms with van der Waals surface area (Å²) in [7, 11) is 0. The van der Waals surface area contributed by atoms with Crippen molar-refractivity contribution < 1.29 is 28.8 Å². The number of hydroxylamine groups is 2. The molecule has 0 aliphatic heterocycles. The van der Waals surface area contributed by atoms with Crippen LogP contribution in [-0.2, 0) is 28.8 Å². The van der Waals surface area contributed by atoms with Gasteiger partial charge in [0.1, 0.15) is 0 Å². The Bertz CT molecular complexity index is 1120. The van der Waals surface area contributed by atoms with E-state index in [-0.39, 0.29) is 31.8 Å². The summed E-state index contributed by atoms with van der Waals surface area (Å²) >= 11 is 0. The Hall–Kier alpha value is -2.74. The van der Waals surface area contributed by atoms with Crippen LogP contribution in [0.1, 0.15) is 151 Å². The van der Waals surface area contributed by atoms with Gasteiger partial charge in [-0.1, -0.05) is 64.0 Å². The molecular formula is C39H64N2O6. The van der Waals surface area contributed by atoms with Crippen molar-refractivity contribution in [3.05, 3.63) is 35.5 Å². The van der Waals surface area contributed by atoms with Gasteiger partial charge in [-0.2, -0.15) is 0 Å². The van der Waals surface area contributed by atoms with E-state index >= 15 is 0 Å². The van der Waals surface area contributed by atoms with Crippen molar-refractivity contribution in [1.82, 2.24) is 10.4 Å². The molecule has 0 heterocycles. The molecule has 266 valence electrons. The van der Waals surface area contributed by atoms with Gasteiger partial charge in [0.2, 0.25) is 5.91 Å². The topological polar surface area (TPSA) is 102 Å². The molecule has 1 N–H and O–H groups in total. The average molecular weight is 657 g/mol. The van der Waals surface area contributed by atoms with Crippen molar-refractivity contribution in [3.63, 3.8) is 0 Å². The zero-order valence-electron chi connectivity index (χ0n) is 30.6. The molecule has 3 aliphatic rings. The number of hydrogen-bond acceptors (Lipinski definition) is 6. The number of nitrogens with zero attached hydrogens (tertiary/aromatic N) is 1. The third kappa shape index (κ3) is 12.7. The number of unbranched alkanes of at least 4 members (excludes halogenated alkanes) is 1. The van der Waals surface area contributed by atoms with Crippen molar-refractivity contribution in [2.75, 3.05) is 6.61 Å². The van der Waals surface area contributed by atoms with E-state index in [0.717, 1.165) is 19.3 Å². The van der Waals surface area contributed by atoms with Crippen molar-refractivity contribution >= 4 is 24.2 Å². The minimum Gasteiger partial charge on any atom is -0.375 e. The molecule has 4 atom stereocenters. The first-order valence-electron chi connectivity index (χ1n) is 18.4. The Morgan fingerprint density at radius 3 is 2.47 bits per heavy atom. The van der Waals surface area contributed by atoms with E-state index in [1.807, 2.05) is 27.7 Å². The van der Waals surface area contributed by atoms with Gasteiger partial charge in [-0.05, 0) is 121 Å². The van der Waals surface area contributed by atoms with E-state index in [9.17, 15) is 19.2 Å². The summed E-state index contributed by atoms with van der Waals surface area (Å²) in [5.41, 5.74) is 4.20. The molecular weight excluding hydrogens is 592 g/mol. The lowest BCUT2D eigenvalue weighted by Gasteiger charge is -2.42. The summed E-state index contributed by atoms with van der Waals surface area (Å²) in [6, 6.07) is 0. The van der Waals surface area contributed by atoms with Gasteiger partial charge in [0.15, 0.2) is 0 Å². The van der Waals surface area contributed by atoms with Gasteiger partial charge in [0.25, 0.3) is 12.3 Å². The molecule has 0 bridgehead atoms. The van der Waals surface area contributed by atoms with Crippen LogP contribution in [0.5, 0.6) is 0 Å². The van der Waals surface area contributed by atoms with Gasteiger partial charge in [0.05, 0.1) is 24.7 Å². The highest BCUT2D eigenvalue weighted by Gasteiger charge is 2.48. The number of ether oxygens (including phenoxy) is 1. The minimum atomic E-state index is -0.730. The van der Waals surface area contributed by atoms with Crippen LogP contribution in [0.15, 0.2) is 35.5 Å². The molecule has 4 unspecified atom stereocenters. The highest BCUT2D eigenvalue weighted by molar-refractivity contribution is 5.86. The molecule has 0 spiro atoms. The molecule has 3 rings (SSSR count). The Kier molecular flexibility index (Phi) is 17.1. The molecule has 8 heteroatoms. The number of carbonyl (C=O) groups is 4. The van der Waals surface area contributed by atoms with E-state index < -0.39 is 23.5 Å². The SMILES string of the molecule is C=C1CCCC/C1=C/C=C1\CCCC2(C)C(CCCCC(=O)NC(C)(C)COC(C)CC(=O)ON(C=O)C(=O)CCC)CCC12.CC. The van der Waals surface area contributed by atoms with E-state index in [1.54, 1.807) is 19.4 Å². The minimum absolute atomic E-state index is 0.00228. The molecule has 0 aromatic heterocycles. The molecule has 3 aliphatic carbocycles. The Morgan fingerprint density at radius 1 is 1.06 bits per heavy atom. The number of allylic oxidation sites excluding steroid dienone is 5. The average Bonchev–Trinajstić information content (AvgIpc) is 3.37.